The van der Waals surface area contributed by atoms with Crippen molar-refractivity contribution in [1.82, 2.24) is 5.32 Å². The predicted octanol–water partition coefficient (Wildman–Crippen LogP) is 3.60. The molecule has 0 spiro atoms. The van der Waals surface area contributed by atoms with E-state index >= 15 is 0 Å². The van der Waals surface area contributed by atoms with Gasteiger partial charge in [-0.3, -0.25) is 9.64 Å². The zero-order chi connectivity index (χ0) is 16.2. The molecule has 1 saturated carbocycles. The molecule has 0 aromatic heterocycles. The lowest BCUT2D eigenvalue weighted by Crippen LogP contribution is -2.44. The van der Waals surface area contributed by atoms with Crippen molar-refractivity contribution >= 4 is 11.6 Å². The first-order valence-corrected chi connectivity index (χ1v) is 7.89. The minimum Gasteiger partial charge on any atom is -0.359 e. The highest BCUT2D eigenvalue weighted by molar-refractivity contribution is 5.83. The fourth-order valence-corrected chi connectivity index (χ4v) is 2.98. The second-order valence-electron chi connectivity index (χ2n) is 6.71. The van der Waals surface area contributed by atoms with Gasteiger partial charge in [0.05, 0.1) is 0 Å². The van der Waals surface area contributed by atoms with E-state index in [1.807, 2.05) is 26.0 Å². The van der Waals surface area contributed by atoms with Crippen LogP contribution in [0.2, 0.25) is 0 Å². The fourth-order valence-electron chi connectivity index (χ4n) is 2.98. The van der Waals surface area contributed by atoms with Gasteiger partial charge in [0.2, 0.25) is 5.91 Å². The van der Waals surface area contributed by atoms with Crippen molar-refractivity contribution in [1.29, 1.82) is 0 Å². The summed E-state index contributed by atoms with van der Waals surface area (Å²) in [5, 5.41) is 6.01. The van der Waals surface area contributed by atoms with Gasteiger partial charge in [0.1, 0.15) is 0 Å². The molecule has 0 aliphatic heterocycles. The van der Waals surface area contributed by atoms with Gasteiger partial charge in [-0.15, -0.1) is 0 Å². The molecule has 0 saturated heterocycles. The Morgan fingerprint density at radius 1 is 1.32 bits per heavy atom. The van der Waals surface area contributed by atoms with Crippen molar-refractivity contribution in [2.75, 3.05) is 12.4 Å². The van der Waals surface area contributed by atoms with Crippen LogP contribution in [0.4, 0.5) is 5.69 Å². The van der Waals surface area contributed by atoms with Crippen LogP contribution in [0.25, 0.3) is 4.85 Å². The standard InChI is InChI=1S/C18H25N3O/c1-17(2,20-4)21-15-8-6-14(7-9-15)10-13-18(11-5-12-18)16(22)19-3/h6-9,21H,5,10-13H2,1-3H3,(H,19,22). The van der Waals surface area contributed by atoms with Gasteiger partial charge in [-0.05, 0) is 43.4 Å². The summed E-state index contributed by atoms with van der Waals surface area (Å²) >= 11 is 0. The van der Waals surface area contributed by atoms with E-state index in [9.17, 15) is 4.79 Å². The lowest BCUT2D eigenvalue weighted by atomic mass is 9.65. The van der Waals surface area contributed by atoms with Crippen molar-refractivity contribution in [2.24, 2.45) is 5.41 Å². The molecule has 1 aromatic rings. The first-order chi connectivity index (χ1) is 10.4. The number of nitrogens with one attached hydrogen (secondary N) is 2. The van der Waals surface area contributed by atoms with E-state index in [0.29, 0.717) is 0 Å². The van der Waals surface area contributed by atoms with E-state index in [1.165, 1.54) is 5.56 Å². The second-order valence-corrected chi connectivity index (χ2v) is 6.71. The van der Waals surface area contributed by atoms with E-state index in [1.54, 1.807) is 7.05 Å². The van der Waals surface area contributed by atoms with E-state index in [2.05, 4.69) is 27.6 Å². The van der Waals surface area contributed by atoms with Gasteiger partial charge in [-0.1, -0.05) is 18.6 Å². The molecular weight excluding hydrogens is 274 g/mol. The zero-order valence-electron chi connectivity index (χ0n) is 13.7. The Balaban J connectivity index is 1.95. The highest BCUT2D eigenvalue weighted by atomic mass is 16.2. The van der Waals surface area contributed by atoms with Crippen LogP contribution in [0.15, 0.2) is 24.3 Å². The fraction of sp³-hybridized carbons (Fsp3) is 0.556. The number of anilines is 1. The van der Waals surface area contributed by atoms with Gasteiger partial charge in [-0.2, -0.15) is 0 Å². The van der Waals surface area contributed by atoms with E-state index in [-0.39, 0.29) is 11.3 Å². The Hall–Kier alpha value is -2.02. The summed E-state index contributed by atoms with van der Waals surface area (Å²) < 4.78 is 0. The Morgan fingerprint density at radius 3 is 2.41 bits per heavy atom. The number of hydrogen-bond acceptors (Lipinski definition) is 2. The van der Waals surface area contributed by atoms with Crippen molar-refractivity contribution in [3.8, 4) is 0 Å². The molecule has 1 amide bonds. The lowest BCUT2D eigenvalue weighted by molar-refractivity contribution is -0.136. The third-order valence-corrected chi connectivity index (χ3v) is 4.60. The number of carbonyl (C=O) groups is 1. The molecule has 2 N–H and O–H groups in total. The van der Waals surface area contributed by atoms with Gasteiger partial charge in [0.25, 0.3) is 5.66 Å². The van der Waals surface area contributed by atoms with E-state index in [0.717, 1.165) is 37.8 Å². The second kappa shape index (κ2) is 6.39. The summed E-state index contributed by atoms with van der Waals surface area (Å²) in [6.45, 7) is 10.9. The quantitative estimate of drug-likeness (QED) is 0.788. The molecule has 1 aromatic carbocycles. The molecule has 0 radical (unpaired) electrons. The molecule has 22 heavy (non-hydrogen) atoms. The van der Waals surface area contributed by atoms with Crippen molar-refractivity contribution < 1.29 is 4.79 Å². The van der Waals surface area contributed by atoms with Gasteiger partial charge in [0.15, 0.2) is 0 Å². The summed E-state index contributed by atoms with van der Waals surface area (Å²) in [4.78, 5) is 15.6. The highest BCUT2D eigenvalue weighted by Crippen LogP contribution is 2.44. The largest absolute Gasteiger partial charge is 0.359 e. The number of nitrogens with zero attached hydrogens (tertiary/aromatic N) is 1. The Labute approximate surface area is 133 Å². The molecular formula is C18H25N3O. The third-order valence-electron chi connectivity index (χ3n) is 4.60. The molecule has 0 unspecified atom stereocenters. The molecule has 1 aliphatic rings. The average molecular weight is 299 g/mol. The minimum absolute atomic E-state index is 0.141. The van der Waals surface area contributed by atoms with Crippen LogP contribution >= 0.6 is 0 Å². The Kier molecular flexibility index (Phi) is 4.75. The van der Waals surface area contributed by atoms with Crippen molar-refractivity contribution in [2.45, 2.75) is 51.6 Å². The Bertz CT molecular complexity index is 565. The molecule has 2 rings (SSSR count). The summed E-state index contributed by atoms with van der Waals surface area (Å²) in [6.07, 6.45) is 4.99. The first-order valence-electron chi connectivity index (χ1n) is 7.89. The summed E-state index contributed by atoms with van der Waals surface area (Å²) in [7, 11) is 1.72. The lowest BCUT2D eigenvalue weighted by Gasteiger charge is -2.40. The minimum atomic E-state index is -0.587. The molecule has 0 bridgehead atoms. The summed E-state index contributed by atoms with van der Waals surface area (Å²) in [6, 6.07) is 8.18. The number of rotatable bonds is 6. The third kappa shape index (κ3) is 3.59. The average Bonchev–Trinajstić information content (AvgIpc) is 2.47. The summed E-state index contributed by atoms with van der Waals surface area (Å²) in [5.41, 5.74) is 1.46. The van der Waals surface area contributed by atoms with Crippen molar-refractivity contribution in [3.05, 3.63) is 41.2 Å². The maximum absolute atomic E-state index is 12.0. The van der Waals surface area contributed by atoms with Gasteiger partial charge < -0.3 is 10.6 Å². The van der Waals surface area contributed by atoms with Crippen LogP contribution in [-0.2, 0) is 11.2 Å². The van der Waals surface area contributed by atoms with Gasteiger partial charge in [0, 0.05) is 32.0 Å². The summed E-state index contributed by atoms with van der Waals surface area (Å²) in [5.74, 6) is 0.191. The van der Waals surface area contributed by atoms with Crippen LogP contribution in [-0.4, -0.2) is 18.6 Å². The predicted molar refractivity (Wildman–Crippen MR) is 89.4 cm³/mol. The Morgan fingerprint density at radius 2 is 1.95 bits per heavy atom. The maximum atomic E-state index is 12.0. The highest BCUT2D eigenvalue weighted by Gasteiger charge is 2.42. The number of carbonyl (C=O) groups excluding carboxylic acids is 1. The van der Waals surface area contributed by atoms with Crippen molar-refractivity contribution in [3.63, 3.8) is 0 Å². The molecule has 0 heterocycles. The van der Waals surface area contributed by atoms with Crippen LogP contribution in [0.1, 0.15) is 45.1 Å². The van der Waals surface area contributed by atoms with E-state index in [4.69, 9.17) is 6.57 Å². The molecule has 1 fully saturated rings. The monoisotopic (exact) mass is 299 g/mol. The molecule has 4 nitrogen and oxygen atoms in total. The normalized spacial score (nSPS) is 16.3. The number of benzene rings is 1. The molecule has 118 valence electrons. The SMILES string of the molecule is [C-]#[N+]C(C)(C)Nc1ccc(CCC2(C(=O)NC)CCC2)cc1. The molecule has 1 aliphatic carbocycles. The zero-order valence-corrected chi connectivity index (χ0v) is 13.7. The first kappa shape index (κ1) is 16.4. The van der Waals surface area contributed by atoms with Crippen LogP contribution in [0.5, 0.6) is 0 Å². The van der Waals surface area contributed by atoms with E-state index < -0.39 is 5.66 Å². The number of amides is 1. The number of hydrogen-bond donors (Lipinski definition) is 2. The maximum Gasteiger partial charge on any atom is 0.299 e. The van der Waals surface area contributed by atoms with Crippen LogP contribution in [0, 0.1) is 12.0 Å². The van der Waals surface area contributed by atoms with Gasteiger partial charge >= 0.3 is 0 Å². The molecule has 4 heteroatoms. The number of aryl methyl sites for hydroxylation is 1. The van der Waals surface area contributed by atoms with Crippen LogP contribution < -0.4 is 10.6 Å². The molecule has 0 atom stereocenters. The van der Waals surface area contributed by atoms with Gasteiger partial charge in [-0.25, -0.2) is 6.57 Å². The topological polar surface area (TPSA) is 45.5 Å². The smallest absolute Gasteiger partial charge is 0.299 e. The van der Waals surface area contributed by atoms with Crippen LogP contribution in [0.3, 0.4) is 0 Å².